The molecule has 0 saturated heterocycles. The van der Waals surface area contributed by atoms with Crippen LogP contribution < -0.4 is 5.32 Å². The van der Waals surface area contributed by atoms with Gasteiger partial charge >= 0.3 is 0 Å². The molecule has 1 N–H and O–H groups in total. The zero-order valence-corrected chi connectivity index (χ0v) is 14.6. The molecule has 2 aromatic carbocycles. The highest BCUT2D eigenvalue weighted by Gasteiger charge is 2.26. The maximum atomic E-state index is 14.2. The Morgan fingerprint density at radius 2 is 1.67 bits per heavy atom. The summed E-state index contributed by atoms with van der Waals surface area (Å²) in [5, 5.41) is 3.00. The number of hydrogen-bond acceptors (Lipinski definition) is 4. The number of rotatable bonds is 5. The van der Waals surface area contributed by atoms with Crippen molar-refractivity contribution in [3.05, 3.63) is 71.4 Å². The molecule has 3 aromatic rings. The lowest BCUT2D eigenvalue weighted by molar-refractivity contribution is 0.598. The van der Waals surface area contributed by atoms with Crippen molar-refractivity contribution in [2.45, 2.75) is 15.6 Å². The second-order valence-electron chi connectivity index (χ2n) is 5.24. The van der Waals surface area contributed by atoms with Crippen LogP contribution in [0.2, 0.25) is 0 Å². The van der Waals surface area contributed by atoms with Crippen molar-refractivity contribution in [2.75, 3.05) is 7.05 Å². The summed E-state index contributed by atoms with van der Waals surface area (Å²) < 4.78 is 40.5. The fourth-order valence-electron chi connectivity index (χ4n) is 2.46. The maximum absolute atomic E-state index is 14.2. The number of nitrogens with one attached hydrogen (secondary N) is 1. The van der Waals surface area contributed by atoms with E-state index in [0.29, 0.717) is 17.7 Å². The van der Waals surface area contributed by atoms with Crippen molar-refractivity contribution in [3.63, 3.8) is 0 Å². The van der Waals surface area contributed by atoms with Gasteiger partial charge in [0, 0.05) is 22.5 Å². The lowest BCUT2D eigenvalue weighted by Crippen LogP contribution is -2.02. The summed E-state index contributed by atoms with van der Waals surface area (Å²) in [5.41, 5.74) is 0.706. The number of sulfone groups is 1. The SMILES string of the molecule is CNCc1cc(-c2ccccc2F)c(S(=O)(=O)c2ccccc2)s1. The molecule has 6 heteroatoms. The third-order valence-electron chi connectivity index (χ3n) is 3.56. The highest BCUT2D eigenvalue weighted by Crippen LogP contribution is 2.39. The molecular formula is C18H16FNO2S2. The molecule has 0 aliphatic heterocycles. The Morgan fingerprint density at radius 1 is 1.00 bits per heavy atom. The average molecular weight is 361 g/mol. The molecule has 0 unspecified atom stereocenters. The van der Waals surface area contributed by atoms with Crippen LogP contribution >= 0.6 is 11.3 Å². The summed E-state index contributed by atoms with van der Waals surface area (Å²) in [6.45, 7) is 0.524. The van der Waals surface area contributed by atoms with Gasteiger partial charge in [0.15, 0.2) is 0 Å². The van der Waals surface area contributed by atoms with Crippen molar-refractivity contribution in [1.29, 1.82) is 0 Å². The molecule has 0 radical (unpaired) electrons. The van der Waals surface area contributed by atoms with Gasteiger partial charge in [-0.2, -0.15) is 0 Å². The van der Waals surface area contributed by atoms with Gasteiger partial charge in [0.25, 0.3) is 0 Å². The predicted octanol–water partition coefficient (Wildman–Crippen LogP) is 4.11. The zero-order chi connectivity index (χ0) is 17.2. The molecule has 0 amide bonds. The Morgan fingerprint density at radius 3 is 2.33 bits per heavy atom. The molecule has 0 atom stereocenters. The first-order valence-electron chi connectivity index (χ1n) is 7.36. The lowest BCUT2D eigenvalue weighted by atomic mass is 10.1. The largest absolute Gasteiger partial charge is 0.315 e. The smallest absolute Gasteiger partial charge is 0.216 e. The standard InChI is InChI=1S/C18H16FNO2S2/c1-20-12-13-11-16(15-9-5-6-10-17(15)19)18(23-13)24(21,22)14-7-3-2-4-8-14/h2-11,20H,12H2,1H3. The van der Waals surface area contributed by atoms with E-state index in [0.717, 1.165) is 4.88 Å². The van der Waals surface area contributed by atoms with Gasteiger partial charge in [-0.3, -0.25) is 0 Å². The Balaban J connectivity index is 2.23. The van der Waals surface area contributed by atoms with Crippen LogP contribution in [-0.2, 0) is 16.4 Å². The van der Waals surface area contributed by atoms with Crippen LogP contribution in [-0.4, -0.2) is 15.5 Å². The van der Waals surface area contributed by atoms with E-state index in [4.69, 9.17) is 0 Å². The van der Waals surface area contributed by atoms with Gasteiger partial charge in [0.1, 0.15) is 10.0 Å². The molecule has 0 aliphatic carbocycles. The average Bonchev–Trinajstić information content (AvgIpc) is 3.01. The molecule has 0 fully saturated rings. The third-order valence-corrected chi connectivity index (χ3v) is 7.00. The van der Waals surface area contributed by atoms with E-state index in [2.05, 4.69) is 5.32 Å². The lowest BCUT2D eigenvalue weighted by Gasteiger charge is -2.07. The fraction of sp³-hybridized carbons (Fsp3) is 0.111. The van der Waals surface area contributed by atoms with Crippen LogP contribution in [0.15, 0.2) is 69.8 Å². The first-order chi connectivity index (χ1) is 11.5. The molecule has 0 saturated carbocycles. The summed E-state index contributed by atoms with van der Waals surface area (Å²) in [7, 11) is -1.92. The second kappa shape index (κ2) is 6.84. The summed E-state index contributed by atoms with van der Waals surface area (Å²) in [6.07, 6.45) is 0. The van der Waals surface area contributed by atoms with Crippen LogP contribution in [0.25, 0.3) is 11.1 Å². The maximum Gasteiger partial charge on any atom is 0.216 e. The Labute approximate surface area is 144 Å². The zero-order valence-electron chi connectivity index (χ0n) is 13.0. The molecule has 124 valence electrons. The Kier molecular flexibility index (Phi) is 4.80. The van der Waals surface area contributed by atoms with E-state index in [-0.39, 0.29) is 9.10 Å². The molecule has 1 aromatic heterocycles. The molecule has 3 nitrogen and oxygen atoms in total. The summed E-state index contributed by atoms with van der Waals surface area (Å²) in [4.78, 5) is 1.05. The monoisotopic (exact) mass is 361 g/mol. The topological polar surface area (TPSA) is 46.2 Å². The molecular weight excluding hydrogens is 345 g/mol. The van der Waals surface area contributed by atoms with Crippen LogP contribution in [0, 0.1) is 5.82 Å². The van der Waals surface area contributed by atoms with Gasteiger partial charge in [0.2, 0.25) is 9.84 Å². The number of thiophene rings is 1. The molecule has 0 spiro atoms. The third kappa shape index (κ3) is 3.13. The number of hydrogen-bond donors (Lipinski definition) is 1. The van der Waals surface area contributed by atoms with Gasteiger partial charge in [-0.1, -0.05) is 36.4 Å². The Hall–Kier alpha value is -2.02. The molecule has 3 rings (SSSR count). The van der Waals surface area contributed by atoms with Crippen molar-refractivity contribution < 1.29 is 12.8 Å². The molecule has 1 heterocycles. The van der Waals surface area contributed by atoms with Crippen LogP contribution in [0.5, 0.6) is 0 Å². The first-order valence-corrected chi connectivity index (χ1v) is 9.66. The van der Waals surface area contributed by atoms with Crippen LogP contribution in [0.3, 0.4) is 0 Å². The Bertz CT molecular complexity index is 950. The minimum Gasteiger partial charge on any atom is -0.315 e. The van der Waals surface area contributed by atoms with E-state index < -0.39 is 15.7 Å². The van der Waals surface area contributed by atoms with Crippen LogP contribution in [0.4, 0.5) is 4.39 Å². The molecule has 0 bridgehead atoms. The van der Waals surface area contributed by atoms with E-state index >= 15 is 0 Å². The van der Waals surface area contributed by atoms with Crippen molar-refractivity contribution in [3.8, 4) is 11.1 Å². The normalized spacial score (nSPS) is 11.6. The number of halogens is 1. The quantitative estimate of drug-likeness (QED) is 0.744. The van der Waals surface area contributed by atoms with Gasteiger partial charge in [0.05, 0.1) is 4.90 Å². The summed E-state index contributed by atoms with van der Waals surface area (Å²) in [5.74, 6) is -0.434. The first kappa shape index (κ1) is 16.8. The second-order valence-corrected chi connectivity index (χ2v) is 8.52. The molecule has 0 aliphatic rings. The minimum absolute atomic E-state index is 0.170. The highest BCUT2D eigenvalue weighted by atomic mass is 32.2. The highest BCUT2D eigenvalue weighted by molar-refractivity contribution is 7.93. The fourth-order valence-corrected chi connectivity index (χ4v) is 5.61. The van der Waals surface area contributed by atoms with E-state index in [1.807, 2.05) is 0 Å². The number of benzene rings is 2. The van der Waals surface area contributed by atoms with Gasteiger partial charge < -0.3 is 5.32 Å². The summed E-state index contributed by atoms with van der Waals surface area (Å²) in [6, 6.07) is 16.2. The van der Waals surface area contributed by atoms with Gasteiger partial charge in [-0.15, -0.1) is 11.3 Å². The van der Waals surface area contributed by atoms with Gasteiger partial charge in [-0.25, -0.2) is 12.8 Å². The van der Waals surface area contributed by atoms with Crippen molar-refractivity contribution in [1.82, 2.24) is 5.32 Å². The molecule has 24 heavy (non-hydrogen) atoms. The van der Waals surface area contributed by atoms with E-state index in [1.54, 1.807) is 61.6 Å². The van der Waals surface area contributed by atoms with Gasteiger partial charge in [-0.05, 0) is 31.3 Å². The minimum atomic E-state index is -3.71. The summed E-state index contributed by atoms with van der Waals surface area (Å²) >= 11 is 1.17. The van der Waals surface area contributed by atoms with E-state index in [9.17, 15) is 12.8 Å². The van der Waals surface area contributed by atoms with E-state index in [1.165, 1.54) is 17.4 Å². The van der Waals surface area contributed by atoms with Crippen molar-refractivity contribution >= 4 is 21.2 Å². The van der Waals surface area contributed by atoms with Crippen molar-refractivity contribution in [2.24, 2.45) is 0 Å². The predicted molar refractivity (Wildman–Crippen MR) is 94.4 cm³/mol. The van der Waals surface area contributed by atoms with Crippen LogP contribution in [0.1, 0.15) is 4.88 Å².